The van der Waals surface area contributed by atoms with Crippen molar-refractivity contribution >= 4 is 11.9 Å². The molecule has 0 aromatic heterocycles. The first-order chi connectivity index (χ1) is 8.99. The van der Waals surface area contributed by atoms with Gasteiger partial charge in [0.25, 0.3) is 0 Å². The van der Waals surface area contributed by atoms with Crippen molar-refractivity contribution in [3.63, 3.8) is 0 Å². The summed E-state index contributed by atoms with van der Waals surface area (Å²) >= 11 is 0. The molecule has 0 atom stereocenters. The fraction of sp³-hybridized carbons (Fsp3) is 0.385. The van der Waals surface area contributed by atoms with Crippen molar-refractivity contribution in [3.8, 4) is 0 Å². The Bertz CT molecular complexity index is 463. The first kappa shape index (κ1) is 15.1. The van der Waals surface area contributed by atoms with Crippen LogP contribution in [0, 0.1) is 12.7 Å². The Morgan fingerprint density at radius 1 is 1.37 bits per heavy atom. The van der Waals surface area contributed by atoms with E-state index in [4.69, 9.17) is 5.11 Å². The van der Waals surface area contributed by atoms with Gasteiger partial charge in [0.2, 0.25) is 5.91 Å². The number of rotatable bonds is 7. The van der Waals surface area contributed by atoms with Crippen LogP contribution in [0.25, 0.3) is 0 Å². The first-order valence-electron chi connectivity index (χ1n) is 5.93. The SMILES string of the molecule is Cc1cc(CNC(=O)CNCCC(=O)O)ccc1F. The van der Waals surface area contributed by atoms with Crippen molar-refractivity contribution in [2.75, 3.05) is 13.1 Å². The Labute approximate surface area is 110 Å². The molecule has 6 heteroatoms. The minimum Gasteiger partial charge on any atom is -0.481 e. The first-order valence-corrected chi connectivity index (χ1v) is 5.93. The fourth-order valence-corrected chi connectivity index (χ4v) is 1.48. The smallest absolute Gasteiger partial charge is 0.304 e. The van der Waals surface area contributed by atoms with Gasteiger partial charge < -0.3 is 15.7 Å². The number of carbonyl (C=O) groups is 2. The Morgan fingerprint density at radius 2 is 2.11 bits per heavy atom. The predicted octanol–water partition coefficient (Wildman–Crippen LogP) is 0.815. The highest BCUT2D eigenvalue weighted by Crippen LogP contribution is 2.08. The highest BCUT2D eigenvalue weighted by atomic mass is 19.1. The van der Waals surface area contributed by atoms with Crippen molar-refractivity contribution in [2.24, 2.45) is 0 Å². The Balaban J connectivity index is 2.26. The number of carbonyl (C=O) groups excluding carboxylic acids is 1. The second-order valence-electron chi connectivity index (χ2n) is 4.18. The molecule has 0 heterocycles. The zero-order valence-corrected chi connectivity index (χ0v) is 10.7. The topological polar surface area (TPSA) is 78.4 Å². The summed E-state index contributed by atoms with van der Waals surface area (Å²) in [6.45, 7) is 2.29. The molecule has 0 saturated heterocycles. The summed E-state index contributed by atoms with van der Waals surface area (Å²) in [5.41, 5.74) is 1.35. The van der Waals surface area contributed by atoms with Crippen molar-refractivity contribution in [2.45, 2.75) is 19.9 Å². The largest absolute Gasteiger partial charge is 0.481 e. The van der Waals surface area contributed by atoms with Crippen LogP contribution in [0.2, 0.25) is 0 Å². The van der Waals surface area contributed by atoms with E-state index in [1.165, 1.54) is 6.07 Å². The summed E-state index contributed by atoms with van der Waals surface area (Å²) in [5, 5.41) is 13.8. The maximum Gasteiger partial charge on any atom is 0.304 e. The molecule has 104 valence electrons. The van der Waals surface area contributed by atoms with Gasteiger partial charge in [0.15, 0.2) is 0 Å². The lowest BCUT2D eigenvalue weighted by Gasteiger charge is -2.07. The standard InChI is InChI=1S/C13H17FN2O3/c1-9-6-10(2-3-11(9)14)7-16-12(17)8-15-5-4-13(18)19/h2-3,6,15H,4-5,7-8H2,1H3,(H,16,17)(H,18,19). The monoisotopic (exact) mass is 268 g/mol. The minimum atomic E-state index is -0.908. The number of benzene rings is 1. The summed E-state index contributed by atoms with van der Waals surface area (Å²) in [5.74, 6) is -1.41. The van der Waals surface area contributed by atoms with Gasteiger partial charge in [0, 0.05) is 13.1 Å². The molecule has 1 rings (SSSR count). The number of halogens is 1. The lowest BCUT2D eigenvalue weighted by Crippen LogP contribution is -2.34. The highest BCUT2D eigenvalue weighted by molar-refractivity contribution is 5.78. The summed E-state index contributed by atoms with van der Waals surface area (Å²) < 4.78 is 13.0. The van der Waals surface area contributed by atoms with Gasteiger partial charge in [-0.05, 0) is 24.1 Å². The maximum atomic E-state index is 13.0. The van der Waals surface area contributed by atoms with Gasteiger partial charge >= 0.3 is 5.97 Å². The summed E-state index contributed by atoms with van der Waals surface area (Å²) in [4.78, 5) is 21.7. The third-order valence-corrected chi connectivity index (χ3v) is 2.51. The number of hydrogen-bond acceptors (Lipinski definition) is 3. The molecule has 0 bridgehead atoms. The van der Waals surface area contributed by atoms with Crippen molar-refractivity contribution in [1.29, 1.82) is 0 Å². The van der Waals surface area contributed by atoms with Gasteiger partial charge in [-0.25, -0.2) is 4.39 Å². The number of aliphatic carboxylic acids is 1. The van der Waals surface area contributed by atoms with Gasteiger partial charge in [0.1, 0.15) is 5.82 Å². The highest BCUT2D eigenvalue weighted by Gasteiger charge is 2.03. The lowest BCUT2D eigenvalue weighted by molar-refractivity contribution is -0.137. The fourth-order valence-electron chi connectivity index (χ4n) is 1.48. The van der Waals surface area contributed by atoms with E-state index in [0.29, 0.717) is 12.1 Å². The third kappa shape index (κ3) is 5.96. The summed E-state index contributed by atoms with van der Waals surface area (Å²) in [7, 11) is 0. The van der Waals surface area contributed by atoms with E-state index in [1.54, 1.807) is 19.1 Å². The molecule has 0 saturated carbocycles. The second kappa shape index (κ2) is 7.48. The number of aryl methyl sites for hydroxylation is 1. The van der Waals surface area contributed by atoms with Gasteiger partial charge in [-0.15, -0.1) is 0 Å². The zero-order chi connectivity index (χ0) is 14.3. The molecule has 1 aromatic carbocycles. The van der Waals surface area contributed by atoms with E-state index in [-0.39, 0.29) is 31.2 Å². The van der Waals surface area contributed by atoms with E-state index in [2.05, 4.69) is 10.6 Å². The molecule has 0 aliphatic heterocycles. The van der Waals surface area contributed by atoms with Crippen LogP contribution in [0.3, 0.4) is 0 Å². The molecule has 19 heavy (non-hydrogen) atoms. The van der Waals surface area contributed by atoms with Crippen LogP contribution in [0.15, 0.2) is 18.2 Å². The molecule has 0 aliphatic carbocycles. The lowest BCUT2D eigenvalue weighted by atomic mass is 10.1. The molecular formula is C13H17FN2O3. The van der Waals surface area contributed by atoms with Crippen LogP contribution in [0.4, 0.5) is 4.39 Å². The van der Waals surface area contributed by atoms with Crippen molar-refractivity contribution < 1.29 is 19.1 Å². The van der Waals surface area contributed by atoms with Crippen molar-refractivity contribution in [3.05, 3.63) is 35.1 Å². The molecule has 0 unspecified atom stereocenters. The van der Waals surface area contributed by atoms with Crippen LogP contribution >= 0.6 is 0 Å². The normalized spacial score (nSPS) is 10.2. The molecule has 0 spiro atoms. The number of nitrogens with one attached hydrogen (secondary N) is 2. The zero-order valence-electron chi connectivity index (χ0n) is 10.7. The summed E-state index contributed by atoms with van der Waals surface area (Å²) in [6, 6.07) is 4.65. The molecule has 1 amide bonds. The van der Waals surface area contributed by atoms with E-state index < -0.39 is 5.97 Å². The van der Waals surface area contributed by atoms with Gasteiger partial charge in [-0.1, -0.05) is 12.1 Å². The average Bonchev–Trinajstić information content (AvgIpc) is 2.36. The average molecular weight is 268 g/mol. The molecule has 5 nitrogen and oxygen atoms in total. The third-order valence-electron chi connectivity index (χ3n) is 2.51. The van der Waals surface area contributed by atoms with E-state index in [9.17, 15) is 14.0 Å². The van der Waals surface area contributed by atoms with E-state index in [1.807, 2.05) is 0 Å². The van der Waals surface area contributed by atoms with Crippen LogP contribution in [0.1, 0.15) is 17.5 Å². The number of hydrogen-bond donors (Lipinski definition) is 3. The molecular weight excluding hydrogens is 251 g/mol. The number of amides is 1. The molecule has 0 radical (unpaired) electrons. The maximum absolute atomic E-state index is 13.0. The molecule has 3 N–H and O–H groups in total. The van der Waals surface area contributed by atoms with Crippen LogP contribution in [-0.2, 0) is 16.1 Å². The quantitative estimate of drug-likeness (QED) is 0.640. The van der Waals surface area contributed by atoms with Crippen LogP contribution < -0.4 is 10.6 Å². The Morgan fingerprint density at radius 3 is 2.74 bits per heavy atom. The Hall–Kier alpha value is -1.95. The second-order valence-corrected chi connectivity index (χ2v) is 4.18. The van der Waals surface area contributed by atoms with E-state index in [0.717, 1.165) is 5.56 Å². The predicted molar refractivity (Wildman–Crippen MR) is 68.1 cm³/mol. The van der Waals surface area contributed by atoms with Crippen LogP contribution in [-0.4, -0.2) is 30.1 Å². The molecule has 0 fully saturated rings. The van der Waals surface area contributed by atoms with Crippen molar-refractivity contribution in [1.82, 2.24) is 10.6 Å². The van der Waals surface area contributed by atoms with Gasteiger partial charge in [-0.3, -0.25) is 9.59 Å². The van der Waals surface area contributed by atoms with E-state index >= 15 is 0 Å². The summed E-state index contributed by atoms with van der Waals surface area (Å²) in [6.07, 6.45) is -0.0234. The Kier molecular flexibility index (Phi) is 5.95. The number of carboxylic acids is 1. The van der Waals surface area contributed by atoms with Gasteiger partial charge in [-0.2, -0.15) is 0 Å². The minimum absolute atomic E-state index is 0.0234. The van der Waals surface area contributed by atoms with Gasteiger partial charge in [0.05, 0.1) is 13.0 Å². The molecule has 1 aromatic rings. The van der Waals surface area contributed by atoms with Crippen LogP contribution in [0.5, 0.6) is 0 Å². The molecule has 0 aliphatic rings. The number of carboxylic acid groups (broad SMARTS) is 1.